The highest BCUT2D eigenvalue weighted by Crippen LogP contribution is 2.39. The predicted octanol–water partition coefficient (Wildman–Crippen LogP) is -0.517. The minimum absolute atomic E-state index is 0.656. The lowest BCUT2D eigenvalue weighted by Crippen LogP contribution is -2.61. The summed E-state index contributed by atoms with van der Waals surface area (Å²) in [5, 5.41) is 0. The van der Waals surface area contributed by atoms with Crippen molar-refractivity contribution >= 4 is 17.9 Å². The van der Waals surface area contributed by atoms with Crippen molar-refractivity contribution in [1.82, 2.24) is 0 Å². The van der Waals surface area contributed by atoms with Gasteiger partial charge in [0, 0.05) is 27.9 Å². The third kappa shape index (κ3) is 3.66. The maximum absolute atomic E-state index is 12.0. The van der Waals surface area contributed by atoms with Crippen molar-refractivity contribution in [3.8, 4) is 0 Å². The number of fused-ring (bicyclic) bond motifs is 1. The number of esters is 3. The molecule has 6 atom stereocenters. The Labute approximate surface area is 138 Å². The molecule has 136 valence electrons. The van der Waals surface area contributed by atoms with Crippen molar-refractivity contribution in [3.63, 3.8) is 0 Å². The molecule has 10 heteroatoms. The second kappa shape index (κ2) is 7.01. The normalized spacial score (nSPS) is 38.1. The van der Waals surface area contributed by atoms with E-state index in [2.05, 4.69) is 4.74 Å². The smallest absolute Gasteiger partial charge is 0.339 e. The Morgan fingerprint density at radius 2 is 1.54 bits per heavy atom. The molecule has 0 aliphatic carbocycles. The fourth-order valence-electron chi connectivity index (χ4n) is 2.57. The molecular formula is C14H20O10. The van der Waals surface area contributed by atoms with E-state index >= 15 is 0 Å². The van der Waals surface area contributed by atoms with E-state index in [0.717, 1.165) is 14.0 Å². The zero-order chi connectivity index (χ0) is 18.1. The summed E-state index contributed by atoms with van der Waals surface area (Å²) in [7, 11) is 2.49. The van der Waals surface area contributed by atoms with E-state index < -0.39 is 54.6 Å². The fourth-order valence-corrected chi connectivity index (χ4v) is 2.57. The van der Waals surface area contributed by atoms with E-state index in [1.54, 1.807) is 0 Å². The maximum Gasteiger partial charge on any atom is 0.339 e. The van der Waals surface area contributed by atoms with Crippen LogP contribution in [-0.4, -0.2) is 68.8 Å². The van der Waals surface area contributed by atoms with Gasteiger partial charge in [-0.05, 0) is 0 Å². The minimum atomic E-state index is -1.47. The van der Waals surface area contributed by atoms with E-state index in [4.69, 9.17) is 28.4 Å². The van der Waals surface area contributed by atoms with Crippen LogP contribution in [0.2, 0.25) is 0 Å². The SMILES string of the molecule is COC(=O)[C@@H]1O[C@@H]2O[C@@](C)(OC)O[C@@H]2[C@@H](OC(C)=O)[C@@H]1OC(C)=O. The number of carbonyl (C=O) groups is 3. The summed E-state index contributed by atoms with van der Waals surface area (Å²) in [6, 6.07) is 0. The van der Waals surface area contributed by atoms with Crippen molar-refractivity contribution < 1.29 is 47.5 Å². The first-order chi connectivity index (χ1) is 11.2. The molecule has 0 N–H and O–H groups in total. The van der Waals surface area contributed by atoms with E-state index in [-0.39, 0.29) is 0 Å². The Hall–Kier alpha value is -1.75. The zero-order valence-corrected chi connectivity index (χ0v) is 14.0. The molecule has 2 aliphatic heterocycles. The summed E-state index contributed by atoms with van der Waals surface area (Å²) >= 11 is 0. The Balaban J connectivity index is 2.37. The number of ether oxygens (including phenoxy) is 7. The molecule has 2 aliphatic rings. The van der Waals surface area contributed by atoms with Gasteiger partial charge in [-0.3, -0.25) is 14.3 Å². The van der Waals surface area contributed by atoms with Gasteiger partial charge >= 0.3 is 17.9 Å². The van der Waals surface area contributed by atoms with Crippen molar-refractivity contribution in [1.29, 1.82) is 0 Å². The summed E-state index contributed by atoms with van der Waals surface area (Å²) < 4.78 is 36.7. The summed E-state index contributed by atoms with van der Waals surface area (Å²) in [6.45, 7) is 3.80. The lowest BCUT2D eigenvalue weighted by Gasteiger charge is -2.39. The molecule has 0 spiro atoms. The zero-order valence-electron chi connectivity index (χ0n) is 14.0. The number of carbonyl (C=O) groups excluding carboxylic acids is 3. The monoisotopic (exact) mass is 348 g/mol. The van der Waals surface area contributed by atoms with Gasteiger partial charge in [-0.2, -0.15) is 0 Å². The molecule has 0 aromatic carbocycles. The summed E-state index contributed by atoms with van der Waals surface area (Å²) in [6.07, 6.45) is -5.82. The van der Waals surface area contributed by atoms with Crippen LogP contribution in [0, 0.1) is 0 Å². The van der Waals surface area contributed by atoms with Gasteiger partial charge in [-0.15, -0.1) is 0 Å². The van der Waals surface area contributed by atoms with E-state index in [9.17, 15) is 14.4 Å². The number of rotatable bonds is 4. The molecule has 2 rings (SSSR count). The summed E-state index contributed by atoms with van der Waals surface area (Å²) in [5.41, 5.74) is 0. The van der Waals surface area contributed by atoms with Crippen LogP contribution in [0.25, 0.3) is 0 Å². The van der Waals surface area contributed by atoms with Gasteiger partial charge in [0.1, 0.15) is 0 Å². The van der Waals surface area contributed by atoms with Crippen LogP contribution in [0.15, 0.2) is 0 Å². The fraction of sp³-hybridized carbons (Fsp3) is 0.786. The van der Waals surface area contributed by atoms with E-state index in [1.807, 2.05) is 0 Å². The van der Waals surface area contributed by atoms with Crippen LogP contribution in [0.1, 0.15) is 20.8 Å². The standard InChI is InChI=1S/C14H20O10/c1-6(15)20-8-9(21-7(2)16)11-13(22-10(8)12(17)18-4)24-14(3,19-5)23-11/h8-11,13H,1-5H3/t8-,9-,10+,11+,13+,14-/m0/s1. The second-order valence-corrected chi connectivity index (χ2v) is 5.36. The lowest BCUT2D eigenvalue weighted by molar-refractivity contribution is -0.333. The van der Waals surface area contributed by atoms with Crippen LogP contribution in [0.4, 0.5) is 0 Å². The first kappa shape index (κ1) is 18.6. The number of hydrogen-bond donors (Lipinski definition) is 0. The molecule has 24 heavy (non-hydrogen) atoms. The Morgan fingerprint density at radius 1 is 0.958 bits per heavy atom. The molecule has 0 aromatic rings. The molecule has 0 unspecified atom stereocenters. The molecule has 2 fully saturated rings. The number of hydrogen-bond acceptors (Lipinski definition) is 10. The van der Waals surface area contributed by atoms with Crippen LogP contribution in [-0.2, 0) is 47.5 Å². The van der Waals surface area contributed by atoms with Crippen molar-refractivity contribution in [2.75, 3.05) is 14.2 Å². The van der Waals surface area contributed by atoms with E-state index in [0.29, 0.717) is 0 Å². The third-order valence-electron chi connectivity index (χ3n) is 3.58. The Bertz CT molecular complexity index is 520. The first-order valence-electron chi connectivity index (χ1n) is 7.19. The van der Waals surface area contributed by atoms with Crippen LogP contribution in [0.3, 0.4) is 0 Å². The average Bonchev–Trinajstić information content (AvgIpc) is 2.85. The van der Waals surface area contributed by atoms with Gasteiger partial charge in [-0.1, -0.05) is 0 Å². The lowest BCUT2D eigenvalue weighted by atomic mass is 9.98. The second-order valence-electron chi connectivity index (χ2n) is 5.36. The van der Waals surface area contributed by atoms with Gasteiger partial charge in [0.2, 0.25) is 0 Å². The van der Waals surface area contributed by atoms with Crippen LogP contribution < -0.4 is 0 Å². The maximum atomic E-state index is 12.0. The largest absolute Gasteiger partial charge is 0.467 e. The van der Waals surface area contributed by atoms with Gasteiger partial charge in [0.05, 0.1) is 7.11 Å². The molecule has 0 saturated carbocycles. The molecule has 0 aromatic heterocycles. The Kier molecular flexibility index (Phi) is 5.43. The van der Waals surface area contributed by atoms with Gasteiger partial charge in [0.15, 0.2) is 30.7 Å². The summed E-state index contributed by atoms with van der Waals surface area (Å²) in [5.74, 6) is -3.64. The predicted molar refractivity (Wildman–Crippen MR) is 73.2 cm³/mol. The molecule has 2 heterocycles. The molecule has 0 radical (unpaired) electrons. The highest BCUT2D eigenvalue weighted by molar-refractivity contribution is 5.77. The summed E-state index contributed by atoms with van der Waals surface area (Å²) in [4.78, 5) is 34.9. The van der Waals surface area contributed by atoms with Gasteiger partial charge < -0.3 is 28.4 Å². The van der Waals surface area contributed by atoms with E-state index in [1.165, 1.54) is 21.0 Å². The number of methoxy groups -OCH3 is 2. The average molecular weight is 348 g/mol. The quantitative estimate of drug-likeness (QED) is 0.485. The van der Waals surface area contributed by atoms with Crippen molar-refractivity contribution in [2.24, 2.45) is 0 Å². The molecule has 0 bridgehead atoms. The van der Waals surface area contributed by atoms with Crippen molar-refractivity contribution in [3.05, 3.63) is 0 Å². The van der Waals surface area contributed by atoms with Gasteiger partial charge in [-0.25, -0.2) is 4.79 Å². The minimum Gasteiger partial charge on any atom is -0.467 e. The highest BCUT2D eigenvalue weighted by atomic mass is 16.9. The molecule has 0 amide bonds. The van der Waals surface area contributed by atoms with Crippen molar-refractivity contribution in [2.45, 2.75) is 57.5 Å². The molecule has 2 saturated heterocycles. The Morgan fingerprint density at radius 3 is 2.04 bits per heavy atom. The highest BCUT2D eigenvalue weighted by Gasteiger charge is 2.60. The molecular weight excluding hydrogens is 328 g/mol. The van der Waals surface area contributed by atoms with Gasteiger partial charge in [0.25, 0.3) is 5.97 Å². The third-order valence-corrected chi connectivity index (χ3v) is 3.58. The van der Waals surface area contributed by atoms with Crippen LogP contribution in [0.5, 0.6) is 0 Å². The first-order valence-corrected chi connectivity index (χ1v) is 7.19. The topological polar surface area (TPSA) is 116 Å². The molecule has 10 nitrogen and oxygen atoms in total. The van der Waals surface area contributed by atoms with Crippen LogP contribution >= 0.6 is 0 Å².